The highest BCUT2D eigenvalue weighted by Gasteiger charge is 2.31. The number of halogens is 3. The molecule has 2 saturated heterocycles. The standard InChI is InChI=1S/C20H25F3N4/c1-24-19(27-13-9-18(15-27)26-11-2-3-12-26)25-10-5-7-16-6-4-8-17(14-16)20(21,22)23/h4,6,8,14,18H,2-3,9-13,15H2,1H3,(H,24,25). The van der Waals surface area contributed by atoms with Crippen LogP contribution in [0, 0.1) is 11.8 Å². The summed E-state index contributed by atoms with van der Waals surface area (Å²) in [6.07, 6.45) is -0.639. The van der Waals surface area contributed by atoms with Crippen LogP contribution in [0.5, 0.6) is 0 Å². The number of hydrogen-bond donors (Lipinski definition) is 1. The third kappa shape index (κ3) is 5.16. The number of nitrogens with one attached hydrogen (secondary N) is 1. The van der Waals surface area contributed by atoms with Crippen molar-refractivity contribution in [3.05, 3.63) is 35.4 Å². The summed E-state index contributed by atoms with van der Waals surface area (Å²) in [5, 5.41) is 3.20. The van der Waals surface area contributed by atoms with E-state index < -0.39 is 11.7 Å². The average molecular weight is 378 g/mol. The summed E-state index contributed by atoms with van der Waals surface area (Å²) < 4.78 is 38.2. The van der Waals surface area contributed by atoms with Crippen molar-refractivity contribution in [1.82, 2.24) is 15.1 Å². The molecule has 0 amide bonds. The molecule has 0 aliphatic carbocycles. The monoisotopic (exact) mass is 378 g/mol. The number of guanidine groups is 1. The van der Waals surface area contributed by atoms with Crippen LogP contribution in [-0.4, -0.2) is 61.6 Å². The fourth-order valence-corrected chi connectivity index (χ4v) is 3.71. The number of aliphatic imine (C=N–C) groups is 1. The van der Waals surface area contributed by atoms with Gasteiger partial charge in [-0.25, -0.2) is 0 Å². The van der Waals surface area contributed by atoms with Gasteiger partial charge in [0.25, 0.3) is 0 Å². The van der Waals surface area contributed by atoms with E-state index in [0.29, 0.717) is 18.2 Å². The Morgan fingerprint density at radius 2 is 2.04 bits per heavy atom. The van der Waals surface area contributed by atoms with E-state index in [-0.39, 0.29) is 0 Å². The van der Waals surface area contributed by atoms with E-state index in [4.69, 9.17) is 0 Å². The quantitative estimate of drug-likeness (QED) is 0.488. The second-order valence-corrected chi connectivity index (χ2v) is 6.91. The molecule has 0 spiro atoms. The highest BCUT2D eigenvalue weighted by atomic mass is 19.4. The van der Waals surface area contributed by atoms with Crippen molar-refractivity contribution in [3.63, 3.8) is 0 Å². The van der Waals surface area contributed by atoms with Crippen LogP contribution in [0.25, 0.3) is 0 Å². The second kappa shape index (κ2) is 8.66. The first-order chi connectivity index (χ1) is 13.0. The molecule has 4 nitrogen and oxygen atoms in total. The smallest absolute Gasteiger partial charge is 0.345 e. The molecule has 1 aromatic rings. The molecule has 2 aliphatic heterocycles. The number of hydrogen-bond acceptors (Lipinski definition) is 2. The lowest BCUT2D eigenvalue weighted by Gasteiger charge is -2.25. The first-order valence-corrected chi connectivity index (χ1v) is 9.33. The van der Waals surface area contributed by atoms with Gasteiger partial charge in [-0.2, -0.15) is 13.2 Å². The molecule has 0 aromatic heterocycles. The highest BCUT2D eigenvalue weighted by Crippen LogP contribution is 2.29. The number of likely N-dealkylation sites (tertiary alicyclic amines) is 2. The van der Waals surface area contributed by atoms with Crippen LogP contribution in [0.3, 0.4) is 0 Å². The van der Waals surface area contributed by atoms with Crippen molar-refractivity contribution in [2.45, 2.75) is 31.5 Å². The van der Waals surface area contributed by atoms with Crippen LogP contribution in [0.15, 0.2) is 29.3 Å². The van der Waals surface area contributed by atoms with E-state index in [0.717, 1.165) is 37.6 Å². The van der Waals surface area contributed by atoms with Gasteiger partial charge >= 0.3 is 6.18 Å². The summed E-state index contributed by atoms with van der Waals surface area (Å²) in [5.41, 5.74) is -0.319. The normalized spacial score (nSPS) is 21.3. The van der Waals surface area contributed by atoms with Crippen molar-refractivity contribution >= 4 is 5.96 Å². The molecule has 0 saturated carbocycles. The topological polar surface area (TPSA) is 30.9 Å². The van der Waals surface area contributed by atoms with Gasteiger partial charge in [0.15, 0.2) is 5.96 Å². The average Bonchev–Trinajstić information content (AvgIpc) is 3.33. The molecular weight excluding hydrogens is 353 g/mol. The van der Waals surface area contributed by atoms with Crippen molar-refractivity contribution in [2.24, 2.45) is 4.99 Å². The van der Waals surface area contributed by atoms with E-state index in [2.05, 4.69) is 31.9 Å². The minimum absolute atomic E-state index is 0.341. The predicted octanol–water partition coefficient (Wildman–Crippen LogP) is 2.80. The van der Waals surface area contributed by atoms with E-state index in [1.807, 2.05) is 0 Å². The molecule has 0 radical (unpaired) electrons. The van der Waals surface area contributed by atoms with Gasteiger partial charge in [-0.3, -0.25) is 9.89 Å². The van der Waals surface area contributed by atoms with E-state index in [1.165, 1.54) is 32.0 Å². The zero-order chi connectivity index (χ0) is 19.3. The van der Waals surface area contributed by atoms with Crippen molar-refractivity contribution in [2.75, 3.05) is 39.8 Å². The summed E-state index contributed by atoms with van der Waals surface area (Å²) in [6.45, 7) is 4.64. The fourth-order valence-electron chi connectivity index (χ4n) is 3.71. The van der Waals surface area contributed by atoms with E-state index in [9.17, 15) is 13.2 Å². The Labute approximate surface area is 158 Å². The van der Waals surface area contributed by atoms with E-state index in [1.54, 1.807) is 13.1 Å². The van der Waals surface area contributed by atoms with Crippen LogP contribution < -0.4 is 5.32 Å². The Bertz CT molecular complexity index is 727. The minimum atomic E-state index is -4.35. The van der Waals surface area contributed by atoms with Crippen molar-refractivity contribution in [1.29, 1.82) is 0 Å². The lowest BCUT2D eigenvalue weighted by atomic mass is 10.1. The lowest BCUT2D eigenvalue weighted by Crippen LogP contribution is -2.42. The van der Waals surface area contributed by atoms with Crippen LogP contribution in [0.2, 0.25) is 0 Å². The molecule has 2 aliphatic rings. The lowest BCUT2D eigenvalue weighted by molar-refractivity contribution is -0.137. The Hall–Kier alpha value is -2.20. The summed E-state index contributed by atoms with van der Waals surface area (Å²) >= 11 is 0. The van der Waals surface area contributed by atoms with Gasteiger partial charge in [-0.15, -0.1) is 0 Å². The molecule has 146 valence electrons. The maximum absolute atomic E-state index is 12.7. The molecule has 7 heteroatoms. The second-order valence-electron chi connectivity index (χ2n) is 6.91. The minimum Gasteiger partial charge on any atom is -0.345 e. The Kier molecular flexibility index (Phi) is 6.27. The van der Waals surface area contributed by atoms with Gasteiger partial charge in [0.05, 0.1) is 12.1 Å². The van der Waals surface area contributed by atoms with E-state index >= 15 is 0 Å². The molecular formula is C20H25F3N4. The number of rotatable bonds is 2. The fraction of sp³-hybridized carbons (Fsp3) is 0.550. The largest absolute Gasteiger partial charge is 0.416 e. The maximum Gasteiger partial charge on any atom is 0.416 e. The first-order valence-electron chi connectivity index (χ1n) is 9.33. The molecule has 2 fully saturated rings. The van der Waals surface area contributed by atoms with Gasteiger partial charge < -0.3 is 10.2 Å². The summed E-state index contributed by atoms with van der Waals surface area (Å²) in [5.74, 6) is 6.48. The highest BCUT2D eigenvalue weighted by molar-refractivity contribution is 5.80. The van der Waals surface area contributed by atoms with Gasteiger partial charge in [0.2, 0.25) is 0 Å². The van der Waals surface area contributed by atoms with Crippen molar-refractivity contribution < 1.29 is 13.2 Å². The zero-order valence-corrected chi connectivity index (χ0v) is 15.5. The molecule has 1 atom stereocenters. The molecule has 0 bridgehead atoms. The van der Waals surface area contributed by atoms with Gasteiger partial charge in [0.1, 0.15) is 0 Å². The predicted molar refractivity (Wildman–Crippen MR) is 100 cm³/mol. The van der Waals surface area contributed by atoms with Crippen molar-refractivity contribution in [3.8, 4) is 11.8 Å². The summed E-state index contributed by atoms with van der Waals surface area (Å²) in [6, 6.07) is 5.67. The third-order valence-electron chi connectivity index (χ3n) is 5.09. The van der Waals surface area contributed by atoms with Crippen LogP contribution in [-0.2, 0) is 6.18 Å². The van der Waals surface area contributed by atoms with Crippen LogP contribution in [0.4, 0.5) is 13.2 Å². The summed E-state index contributed by atoms with van der Waals surface area (Å²) in [4.78, 5) is 9.11. The zero-order valence-electron chi connectivity index (χ0n) is 15.5. The third-order valence-corrected chi connectivity index (χ3v) is 5.09. The van der Waals surface area contributed by atoms with Gasteiger partial charge in [-0.1, -0.05) is 17.9 Å². The molecule has 1 N–H and O–H groups in total. The van der Waals surface area contributed by atoms with Crippen LogP contribution in [0.1, 0.15) is 30.4 Å². The first kappa shape index (κ1) is 19.6. The Morgan fingerprint density at radius 3 is 2.74 bits per heavy atom. The Morgan fingerprint density at radius 1 is 1.26 bits per heavy atom. The Balaban J connectivity index is 1.52. The van der Waals surface area contributed by atoms with Crippen LogP contribution >= 0.6 is 0 Å². The number of alkyl halides is 3. The summed E-state index contributed by atoms with van der Waals surface area (Å²) in [7, 11) is 1.74. The SMILES string of the molecule is CN=C(NCC#Cc1cccc(C(F)(F)F)c1)N1CCC(N2CCCC2)C1. The molecule has 3 rings (SSSR count). The molecule has 1 unspecified atom stereocenters. The molecule has 2 heterocycles. The number of nitrogens with zero attached hydrogens (tertiary/aromatic N) is 3. The molecule has 27 heavy (non-hydrogen) atoms. The van der Waals surface area contributed by atoms with Gasteiger partial charge in [0, 0.05) is 31.7 Å². The molecule has 1 aromatic carbocycles. The van der Waals surface area contributed by atoms with Gasteiger partial charge in [-0.05, 0) is 50.6 Å². The number of benzene rings is 1. The maximum atomic E-state index is 12.7.